The molecule has 182 valence electrons. The Kier molecular flexibility index (Phi) is 7.52. The van der Waals surface area contributed by atoms with Gasteiger partial charge < -0.3 is 10.1 Å². The van der Waals surface area contributed by atoms with Crippen molar-refractivity contribution in [2.45, 2.75) is 6.92 Å². The van der Waals surface area contributed by atoms with Gasteiger partial charge in [0, 0.05) is 15.2 Å². The number of urea groups is 1. The van der Waals surface area contributed by atoms with Crippen LogP contribution in [0.3, 0.4) is 0 Å². The molecule has 0 radical (unpaired) electrons. The van der Waals surface area contributed by atoms with Crippen molar-refractivity contribution in [2.75, 3.05) is 16.8 Å². The van der Waals surface area contributed by atoms with E-state index in [9.17, 15) is 19.2 Å². The summed E-state index contributed by atoms with van der Waals surface area (Å²) in [4.78, 5) is 50.7. The fourth-order valence-corrected chi connectivity index (χ4v) is 3.77. The summed E-state index contributed by atoms with van der Waals surface area (Å²) in [5.41, 5.74) is 2.13. The minimum atomic E-state index is -0.820. The molecule has 1 heterocycles. The highest BCUT2D eigenvalue weighted by Crippen LogP contribution is 2.24. The molecule has 5 amide bonds. The predicted molar refractivity (Wildman–Crippen MR) is 140 cm³/mol. The topological polar surface area (TPSA) is 105 Å². The van der Waals surface area contributed by atoms with Crippen LogP contribution >= 0.6 is 27.5 Å². The molecule has 4 rings (SSSR count). The van der Waals surface area contributed by atoms with Crippen LogP contribution in [0.5, 0.6) is 5.75 Å². The van der Waals surface area contributed by atoms with Gasteiger partial charge >= 0.3 is 6.03 Å². The van der Waals surface area contributed by atoms with Crippen molar-refractivity contribution in [1.82, 2.24) is 5.32 Å². The van der Waals surface area contributed by atoms with E-state index in [-0.39, 0.29) is 18.1 Å². The lowest BCUT2D eigenvalue weighted by atomic mass is 10.1. The zero-order valence-electron chi connectivity index (χ0n) is 18.9. The summed E-state index contributed by atoms with van der Waals surface area (Å²) in [7, 11) is 0. The number of nitrogens with one attached hydrogen (secondary N) is 2. The Balaban J connectivity index is 1.42. The molecule has 10 heteroatoms. The summed E-state index contributed by atoms with van der Waals surface area (Å²) < 4.78 is 6.29. The van der Waals surface area contributed by atoms with Gasteiger partial charge in [-0.25, -0.2) is 9.69 Å². The zero-order chi connectivity index (χ0) is 25.8. The van der Waals surface area contributed by atoms with Crippen LogP contribution < -0.4 is 20.3 Å². The van der Waals surface area contributed by atoms with Gasteiger partial charge in [-0.1, -0.05) is 45.7 Å². The average Bonchev–Trinajstić information content (AvgIpc) is 2.84. The highest BCUT2D eigenvalue weighted by molar-refractivity contribution is 9.10. The number of benzene rings is 3. The first-order chi connectivity index (χ1) is 17.2. The smallest absolute Gasteiger partial charge is 0.335 e. The van der Waals surface area contributed by atoms with Crippen LogP contribution in [0.1, 0.15) is 11.1 Å². The van der Waals surface area contributed by atoms with Crippen LogP contribution in [0, 0.1) is 6.92 Å². The monoisotopic (exact) mass is 567 g/mol. The van der Waals surface area contributed by atoms with Gasteiger partial charge in [0.15, 0.2) is 6.61 Å². The molecule has 1 fully saturated rings. The first-order valence-corrected chi connectivity index (χ1v) is 11.8. The van der Waals surface area contributed by atoms with Crippen molar-refractivity contribution in [3.05, 3.63) is 92.9 Å². The number of halogens is 2. The van der Waals surface area contributed by atoms with E-state index >= 15 is 0 Å². The minimum absolute atomic E-state index is 0.192. The summed E-state index contributed by atoms with van der Waals surface area (Å²) in [6.45, 7) is 1.64. The van der Waals surface area contributed by atoms with Gasteiger partial charge in [0.05, 0.1) is 5.69 Å². The summed E-state index contributed by atoms with van der Waals surface area (Å²) in [5.74, 6) is -1.46. The van der Waals surface area contributed by atoms with E-state index in [1.165, 1.54) is 6.08 Å². The maximum atomic E-state index is 13.0. The Morgan fingerprint density at radius 2 is 1.75 bits per heavy atom. The van der Waals surface area contributed by atoms with Crippen LogP contribution in [0.4, 0.5) is 16.2 Å². The number of carbonyl (C=O) groups is 4. The Morgan fingerprint density at radius 1 is 1.06 bits per heavy atom. The average molecular weight is 569 g/mol. The van der Waals surface area contributed by atoms with E-state index < -0.39 is 17.8 Å². The number of imide groups is 2. The molecule has 0 spiro atoms. The predicted octanol–water partition coefficient (Wildman–Crippen LogP) is 5.09. The van der Waals surface area contributed by atoms with Crippen LogP contribution in [-0.2, 0) is 14.4 Å². The molecule has 3 aromatic carbocycles. The van der Waals surface area contributed by atoms with Gasteiger partial charge in [-0.3, -0.25) is 19.7 Å². The third kappa shape index (κ3) is 5.81. The molecule has 0 unspecified atom stereocenters. The normalized spacial score (nSPS) is 14.6. The zero-order valence-corrected chi connectivity index (χ0v) is 21.2. The van der Waals surface area contributed by atoms with Crippen molar-refractivity contribution in [1.29, 1.82) is 0 Å². The van der Waals surface area contributed by atoms with Gasteiger partial charge in [0.2, 0.25) is 0 Å². The van der Waals surface area contributed by atoms with Crippen LogP contribution in [-0.4, -0.2) is 30.4 Å². The van der Waals surface area contributed by atoms with Gasteiger partial charge in [0.1, 0.15) is 11.3 Å². The molecule has 0 bridgehead atoms. The van der Waals surface area contributed by atoms with Crippen LogP contribution in [0.15, 0.2) is 76.8 Å². The quantitative estimate of drug-likeness (QED) is 0.318. The van der Waals surface area contributed by atoms with E-state index in [1.54, 1.807) is 66.7 Å². The lowest BCUT2D eigenvalue weighted by Crippen LogP contribution is -2.54. The third-order valence-corrected chi connectivity index (χ3v) is 6.14. The number of anilines is 2. The van der Waals surface area contributed by atoms with Crippen LogP contribution in [0.2, 0.25) is 5.02 Å². The molecule has 1 aliphatic rings. The van der Waals surface area contributed by atoms with E-state index in [0.717, 1.165) is 14.9 Å². The standard InChI is InChI=1S/C26H19BrClN3O5/c1-15-2-7-18(13-22(15)28)29-23(32)14-36-20-10-3-16(4-11-20)12-21-24(33)30-26(35)31(25(21)34)19-8-5-17(27)6-9-19/h2-13H,14H2,1H3,(H,29,32)(H,30,33,35)/b21-12+. The lowest BCUT2D eigenvalue weighted by Gasteiger charge is -2.26. The van der Waals surface area contributed by atoms with Crippen molar-refractivity contribution in [2.24, 2.45) is 0 Å². The second-order valence-electron chi connectivity index (χ2n) is 7.80. The number of rotatable bonds is 6. The van der Waals surface area contributed by atoms with Gasteiger partial charge in [-0.2, -0.15) is 0 Å². The Labute approximate surface area is 220 Å². The largest absolute Gasteiger partial charge is 0.484 e. The first kappa shape index (κ1) is 25.2. The molecule has 36 heavy (non-hydrogen) atoms. The third-order valence-electron chi connectivity index (χ3n) is 5.20. The molecule has 1 aliphatic heterocycles. The van der Waals surface area contributed by atoms with Crippen molar-refractivity contribution in [3.63, 3.8) is 0 Å². The number of carbonyl (C=O) groups excluding carboxylic acids is 4. The van der Waals surface area contributed by atoms with E-state index in [1.807, 2.05) is 6.92 Å². The fraction of sp³-hybridized carbons (Fsp3) is 0.0769. The highest BCUT2D eigenvalue weighted by atomic mass is 79.9. The number of ether oxygens (including phenoxy) is 1. The van der Waals surface area contributed by atoms with Crippen molar-refractivity contribution in [3.8, 4) is 5.75 Å². The molecule has 0 saturated carbocycles. The molecule has 0 atom stereocenters. The maximum Gasteiger partial charge on any atom is 0.335 e. The number of hydrogen-bond donors (Lipinski definition) is 2. The van der Waals surface area contributed by atoms with Crippen molar-refractivity contribution >= 4 is 68.7 Å². The van der Waals surface area contributed by atoms with Gasteiger partial charge in [-0.15, -0.1) is 0 Å². The van der Waals surface area contributed by atoms with Gasteiger partial charge in [0.25, 0.3) is 17.7 Å². The molecular formula is C26H19BrClN3O5. The highest BCUT2D eigenvalue weighted by Gasteiger charge is 2.36. The molecule has 8 nitrogen and oxygen atoms in total. The molecule has 3 aromatic rings. The first-order valence-electron chi connectivity index (χ1n) is 10.7. The second-order valence-corrected chi connectivity index (χ2v) is 9.13. The molecular weight excluding hydrogens is 550 g/mol. The summed E-state index contributed by atoms with van der Waals surface area (Å²) >= 11 is 9.37. The lowest BCUT2D eigenvalue weighted by molar-refractivity contribution is -0.122. The number of amides is 5. The number of hydrogen-bond acceptors (Lipinski definition) is 5. The Morgan fingerprint density at radius 3 is 2.42 bits per heavy atom. The maximum absolute atomic E-state index is 13.0. The number of aryl methyl sites for hydroxylation is 1. The molecule has 1 saturated heterocycles. The second kappa shape index (κ2) is 10.8. The van der Waals surface area contributed by atoms with E-state index in [2.05, 4.69) is 26.6 Å². The number of barbiturate groups is 1. The fourth-order valence-electron chi connectivity index (χ4n) is 3.33. The van der Waals surface area contributed by atoms with Crippen LogP contribution in [0.25, 0.3) is 6.08 Å². The SMILES string of the molecule is Cc1ccc(NC(=O)COc2ccc(/C=C3\C(=O)NC(=O)N(c4ccc(Br)cc4)C3=O)cc2)cc1Cl. The van der Waals surface area contributed by atoms with Gasteiger partial charge in [-0.05, 0) is 72.7 Å². The van der Waals surface area contributed by atoms with E-state index in [4.69, 9.17) is 16.3 Å². The molecule has 0 aromatic heterocycles. The Hall–Kier alpha value is -3.95. The summed E-state index contributed by atoms with van der Waals surface area (Å²) in [6.07, 6.45) is 1.38. The van der Waals surface area contributed by atoms with Crippen molar-refractivity contribution < 1.29 is 23.9 Å². The van der Waals surface area contributed by atoms with E-state index in [0.29, 0.717) is 27.7 Å². The Bertz CT molecular complexity index is 1390. The number of nitrogens with zero attached hydrogens (tertiary/aromatic N) is 1. The molecule has 0 aliphatic carbocycles. The molecule has 2 N–H and O–H groups in total. The minimum Gasteiger partial charge on any atom is -0.484 e. The summed E-state index contributed by atoms with van der Waals surface area (Å²) in [5, 5.41) is 5.44. The summed E-state index contributed by atoms with van der Waals surface area (Å²) in [6, 6.07) is 17.4.